The summed E-state index contributed by atoms with van der Waals surface area (Å²) in [5.74, 6) is 1.74. The molecule has 1 amide bonds. The van der Waals surface area contributed by atoms with Crippen LogP contribution < -0.4 is 16.3 Å². The summed E-state index contributed by atoms with van der Waals surface area (Å²) < 4.78 is 23.4. The van der Waals surface area contributed by atoms with Crippen molar-refractivity contribution >= 4 is 23.8 Å². The van der Waals surface area contributed by atoms with Gasteiger partial charge in [0, 0.05) is 56.3 Å². The van der Waals surface area contributed by atoms with Gasteiger partial charge in [0.25, 0.3) is 5.91 Å². The van der Waals surface area contributed by atoms with Gasteiger partial charge in [0.2, 0.25) is 0 Å². The molecule has 2 aliphatic rings. The molecule has 13 nitrogen and oxygen atoms in total. The van der Waals surface area contributed by atoms with Gasteiger partial charge in [0.05, 0.1) is 0 Å². The molecule has 13 heteroatoms. The second-order valence-corrected chi connectivity index (χ2v) is 12.0. The molecule has 4 atom stereocenters. The summed E-state index contributed by atoms with van der Waals surface area (Å²) in [6.07, 6.45) is 7.07. The Morgan fingerprint density at radius 1 is 1.10 bits per heavy atom. The van der Waals surface area contributed by atoms with Gasteiger partial charge >= 0.3 is 17.8 Å². The molecule has 2 aliphatic heterocycles. The first-order chi connectivity index (χ1) is 23.8. The first-order valence-electron chi connectivity index (χ1n) is 16.4. The predicted molar refractivity (Wildman–Crippen MR) is 180 cm³/mol. The molecular formula is C36H41N5O8. The number of carbonyl (C=O) groups excluding carboxylic acids is 3. The molecule has 3 aromatic rings. The van der Waals surface area contributed by atoms with Crippen LogP contribution in [0.5, 0.6) is 0 Å². The Morgan fingerprint density at radius 2 is 1.90 bits per heavy atom. The fourth-order valence-electron chi connectivity index (χ4n) is 5.88. The van der Waals surface area contributed by atoms with E-state index >= 15 is 0 Å². The van der Waals surface area contributed by atoms with Crippen LogP contribution in [-0.2, 0) is 30.3 Å². The highest BCUT2D eigenvalue weighted by Gasteiger charge is 2.40. The number of hydrogen-bond donors (Lipinski definition) is 2. The lowest BCUT2D eigenvalue weighted by Gasteiger charge is -2.30. The summed E-state index contributed by atoms with van der Waals surface area (Å²) >= 11 is 0. The first kappa shape index (κ1) is 35.3. The third kappa shape index (κ3) is 10.5. The Morgan fingerprint density at radius 3 is 2.59 bits per heavy atom. The molecule has 0 aliphatic carbocycles. The molecule has 2 fully saturated rings. The first-order valence-corrected chi connectivity index (χ1v) is 16.4. The van der Waals surface area contributed by atoms with E-state index in [0.29, 0.717) is 24.7 Å². The van der Waals surface area contributed by atoms with Crippen LogP contribution in [0.3, 0.4) is 0 Å². The SMILES string of the molecule is C#Cc1ccc(CN(CCOC(=O)OC[C@H]2O[C@@H](n3ccc(NC(=O)c4ccccc4)nc3=O)CC2OC(C)=O)CC2CCCCN2)cc1. The third-order valence-corrected chi connectivity index (χ3v) is 8.33. The zero-order valence-corrected chi connectivity index (χ0v) is 27.4. The minimum Gasteiger partial charge on any atom is -0.459 e. The summed E-state index contributed by atoms with van der Waals surface area (Å²) in [7, 11) is 0. The van der Waals surface area contributed by atoms with E-state index < -0.39 is 42.2 Å². The van der Waals surface area contributed by atoms with Crippen molar-refractivity contribution in [2.75, 3.05) is 38.2 Å². The van der Waals surface area contributed by atoms with Crippen LogP contribution >= 0.6 is 0 Å². The van der Waals surface area contributed by atoms with Gasteiger partial charge in [-0.1, -0.05) is 42.7 Å². The Bertz CT molecular complexity index is 1670. The standard InChI is InChI=1S/C36H41N5O8/c1-3-26-12-14-27(15-13-26)22-40(23-29-11-7-8-17-37-29)19-20-46-36(45)47-24-31-30(48-25(2)42)21-33(49-31)41-18-16-32(39-35(41)44)38-34(43)28-9-5-4-6-10-28/h1,4-6,9-10,12-16,18,29-31,33,37H,7-8,11,17,19-24H2,2H3,(H,38,39,43,44)/t29?,30?,31-,33-/m1/s1. The lowest BCUT2D eigenvalue weighted by atomic mass is 10.0. The van der Waals surface area contributed by atoms with Crippen LogP contribution in [0.25, 0.3) is 0 Å². The second-order valence-electron chi connectivity index (χ2n) is 12.0. The number of benzene rings is 2. The van der Waals surface area contributed by atoms with Crippen LogP contribution in [0, 0.1) is 12.3 Å². The number of nitrogens with zero attached hydrogens (tertiary/aromatic N) is 3. The van der Waals surface area contributed by atoms with Crippen molar-refractivity contribution in [3.63, 3.8) is 0 Å². The van der Waals surface area contributed by atoms with E-state index in [2.05, 4.69) is 26.4 Å². The molecule has 49 heavy (non-hydrogen) atoms. The predicted octanol–water partition coefficient (Wildman–Crippen LogP) is 3.49. The van der Waals surface area contributed by atoms with E-state index in [-0.39, 0.29) is 25.5 Å². The molecular weight excluding hydrogens is 630 g/mol. The number of terminal acetylenes is 1. The number of aromatic nitrogens is 2. The molecule has 0 saturated carbocycles. The summed E-state index contributed by atoms with van der Waals surface area (Å²) in [5.41, 5.74) is 1.65. The number of ether oxygens (including phenoxy) is 4. The van der Waals surface area contributed by atoms with E-state index in [9.17, 15) is 19.2 Å². The van der Waals surface area contributed by atoms with Crippen LogP contribution in [0.2, 0.25) is 0 Å². The highest BCUT2D eigenvalue weighted by atomic mass is 16.7. The average molecular weight is 672 g/mol. The fraction of sp³-hybridized carbons (Fsp3) is 0.417. The van der Waals surface area contributed by atoms with Crippen molar-refractivity contribution in [3.8, 4) is 12.3 Å². The number of rotatable bonds is 13. The average Bonchev–Trinajstić information content (AvgIpc) is 3.49. The zero-order valence-electron chi connectivity index (χ0n) is 27.4. The third-order valence-electron chi connectivity index (χ3n) is 8.33. The van der Waals surface area contributed by atoms with E-state index in [0.717, 1.165) is 37.1 Å². The van der Waals surface area contributed by atoms with Gasteiger partial charge in [0.15, 0.2) is 0 Å². The summed E-state index contributed by atoms with van der Waals surface area (Å²) in [6.45, 7) is 4.03. The smallest absolute Gasteiger partial charge is 0.459 e. The van der Waals surface area contributed by atoms with Gasteiger partial charge in [-0.2, -0.15) is 4.98 Å². The lowest BCUT2D eigenvalue weighted by Crippen LogP contribution is -2.44. The summed E-state index contributed by atoms with van der Waals surface area (Å²) in [4.78, 5) is 56.0. The molecule has 2 aromatic carbocycles. The van der Waals surface area contributed by atoms with Crippen molar-refractivity contribution in [2.45, 2.75) is 63.6 Å². The van der Waals surface area contributed by atoms with Crippen LogP contribution in [0.1, 0.15) is 60.3 Å². The molecule has 2 N–H and O–H groups in total. The normalized spacial score (nSPS) is 20.3. The van der Waals surface area contributed by atoms with Gasteiger partial charge < -0.3 is 29.6 Å². The topological polar surface area (TPSA) is 150 Å². The molecule has 1 aromatic heterocycles. The minimum atomic E-state index is -0.889. The van der Waals surface area contributed by atoms with Gasteiger partial charge in [-0.3, -0.25) is 19.1 Å². The summed E-state index contributed by atoms with van der Waals surface area (Å²) in [5, 5.41) is 6.16. The molecule has 0 radical (unpaired) electrons. The van der Waals surface area contributed by atoms with Gasteiger partial charge in [-0.25, -0.2) is 9.59 Å². The zero-order chi connectivity index (χ0) is 34.6. The lowest BCUT2D eigenvalue weighted by molar-refractivity contribution is -0.150. The second kappa shape index (κ2) is 17.4. The maximum Gasteiger partial charge on any atom is 0.508 e. The molecule has 2 saturated heterocycles. The van der Waals surface area contributed by atoms with E-state index in [1.807, 2.05) is 24.3 Å². The number of amides is 1. The number of nitrogens with one attached hydrogen (secondary N) is 2. The maximum absolute atomic E-state index is 12.9. The van der Waals surface area contributed by atoms with E-state index in [1.165, 1.54) is 30.2 Å². The van der Waals surface area contributed by atoms with Crippen molar-refractivity contribution in [2.24, 2.45) is 0 Å². The monoisotopic (exact) mass is 671 g/mol. The quantitative estimate of drug-likeness (QED) is 0.203. The number of esters is 1. The maximum atomic E-state index is 12.9. The number of anilines is 1. The van der Waals surface area contributed by atoms with Crippen LogP contribution in [0.4, 0.5) is 10.6 Å². The molecule has 3 heterocycles. The van der Waals surface area contributed by atoms with Gasteiger partial charge in [-0.15, -0.1) is 6.42 Å². The highest BCUT2D eigenvalue weighted by molar-refractivity contribution is 6.03. The van der Waals surface area contributed by atoms with E-state index in [4.69, 9.17) is 25.4 Å². The van der Waals surface area contributed by atoms with Crippen molar-refractivity contribution < 1.29 is 33.3 Å². The van der Waals surface area contributed by atoms with Gasteiger partial charge in [-0.05, 0) is 55.3 Å². The molecule has 0 spiro atoms. The highest BCUT2D eigenvalue weighted by Crippen LogP contribution is 2.30. The van der Waals surface area contributed by atoms with Gasteiger partial charge in [0.1, 0.15) is 37.5 Å². The Labute approximate surface area is 284 Å². The Hall–Kier alpha value is -5.03. The Kier molecular flexibility index (Phi) is 12.5. The van der Waals surface area contributed by atoms with Crippen molar-refractivity contribution in [1.29, 1.82) is 0 Å². The van der Waals surface area contributed by atoms with Crippen LogP contribution in [-0.4, -0.2) is 83.6 Å². The summed E-state index contributed by atoms with van der Waals surface area (Å²) in [6, 6.07) is 18.2. The number of hydrogen-bond acceptors (Lipinski definition) is 11. The number of carbonyl (C=O) groups is 3. The van der Waals surface area contributed by atoms with Crippen LogP contribution in [0.15, 0.2) is 71.7 Å². The fourth-order valence-corrected chi connectivity index (χ4v) is 5.88. The molecule has 2 unspecified atom stereocenters. The largest absolute Gasteiger partial charge is 0.508 e. The molecule has 258 valence electrons. The number of piperidine rings is 1. The molecule has 0 bridgehead atoms. The Balaban J connectivity index is 1.13. The van der Waals surface area contributed by atoms with E-state index in [1.54, 1.807) is 30.3 Å². The minimum absolute atomic E-state index is 0.0719. The molecule has 5 rings (SSSR count). The van der Waals surface area contributed by atoms with Crippen molar-refractivity contribution in [1.82, 2.24) is 19.8 Å². The van der Waals surface area contributed by atoms with Crippen molar-refractivity contribution in [3.05, 3.63) is 94.0 Å².